The number of nitro benzene ring substituents is 2. The van der Waals surface area contributed by atoms with Crippen molar-refractivity contribution in [1.82, 2.24) is 0 Å². The van der Waals surface area contributed by atoms with Crippen molar-refractivity contribution in [2.75, 3.05) is 6.26 Å². The SMILES string of the molecule is CS.N#Cc1ccc(-c2ccccc2)c([N+](=O)[O-])c1.N#Cc1ccc(Cl)c([N+](=O)[O-])c1.OB(O)c1ccccc1. The van der Waals surface area contributed by atoms with Crippen molar-refractivity contribution in [2.24, 2.45) is 0 Å². The largest absolute Gasteiger partial charge is 0.488 e. The molecule has 4 aromatic rings. The van der Waals surface area contributed by atoms with Crippen LogP contribution in [0.3, 0.4) is 0 Å². The van der Waals surface area contributed by atoms with E-state index < -0.39 is 17.0 Å². The summed E-state index contributed by atoms with van der Waals surface area (Å²) in [5.74, 6) is 0. The molecule has 0 heterocycles. The fraction of sp³-hybridized carbons (Fsp3) is 0.0370. The Labute approximate surface area is 241 Å². The van der Waals surface area contributed by atoms with Gasteiger partial charge in [-0.1, -0.05) is 72.3 Å². The van der Waals surface area contributed by atoms with Gasteiger partial charge in [-0.05, 0) is 41.5 Å². The lowest BCUT2D eigenvalue weighted by Gasteiger charge is -2.03. The third-order valence-corrected chi connectivity index (χ3v) is 5.10. The molecule has 0 fully saturated rings. The molecular formula is C27H22BClN4O6S. The van der Waals surface area contributed by atoms with E-state index in [9.17, 15) is 20.2 Å². The molecule has 0 spiro atoms. The lowest BCUT2D eigenvalue weighted by atomic mass is 9.81. The van der Waals surface area contributed by atoms with Crippen LogP contribution in [-0.4, -0.2) is 33.3 Å². The number of nitrogens with zero attached hydrogens (tertiary/aromatic N) is 4. The van der Waals surface area contributed by atoms with Crippen LogP contribution in [0.5, 0.6) is 0 Å². The smallest absolute Gasteiger partial charge is 0.423 e. The summed E-state index contributed by atoms with van der Waals surface area (Å²) in [7, 11) is -1.34. The molecule has 0 radical (unpaired) electrons. The maximum atomic E-state index is 11.0. The van der Waals surface area contributed by atoms with E-state index >= 15 is 0 Å². The van der Waals surface area contributed by atoms with E-state index in [1.807, 2.05) is 30.3 Å². The monoisotopic (exact) mass is 576 g/mol. The van der Waals surface area contributed by atoms with Crippen molar-refractivity contribution in [2.45, 2.75) is 0 Å². The lowest BCUT2D eigenvalue weighted by Crippen LogP contribution is -2.29. The summed E-state index contributed by atoms with van der Waals surface area (Å²) in [6.45, 7) is 0. The van der Waals surface area contributed by atoms with Gasteiger partial charge in [0.05, 0.1) is 38.7 Å². The van der Waals surface area contributed by atoms with Crippen LogP contribution in [0.1, 0.15) is 11.1 Å². The molecular weight excluding hydrogens is 555 g/mol. The highest BCUT2D eigenvalue weighted by Gasteiger charge is 2.16. The second-order valence-electron chi connectivity index (χ2n) is 7.29. The van der Waals surface area contributed by atoms with Crippen molar-refractivity contribution in [3.05, 3.63) is 133 Å². The van der Waals surface area contributed by atoms with Crippen molar-refractivity contribution < 1.29 is 19.9 Å². The molecule has 0 aliphatic rings. The van der Waals surface area contributed by atoms with Crippen LogP contribution in [0, 0.1) is 42.9 Å². The summed E-state index contributed by atoms with van der Waals surface area (Å²) in [6.07, 6.45) is 1.69. The summed E-state index contributed by atoms with van der Waals surface area (Å²) >= 11 is 9.02. The van der Waals surface area contributed by atoms with E-state index in [0.717, 1.165) is 11.6 Å². The van der Waals surface area contributed by atoms with E-state index in [4.69, 9.17) is 32.2 Å². The van der Waals surface area contributed by atoms with Crippen LogP contribution in [0.2, 0.25) is 5.02 Å². The maximum absolute atomic E-state index is 11.0. The zero-order valence-electron chi connectivity index (χ0n) is 21.0. The van der Waals surface area contributed by atoms with Crippen LogP contribution in [0.4, 0.5) is 11.4 Å². The highest BCUT2D eigenvalue weighted by molar-refractivity contribution is 7.79. The van der Waals surface area contributed by atoms with E-state index in [1.54, 1.807) is 60.9 Å². The van der Waals surface area contributed by atoms with Gasteiger partial charge in [-0.25, -0.2) is 0 Å². The van der Waals surface area contributed by atoms with Gasteiger partial charge in [0.15, 0.2) is 0 Å². The van der Waals surface area contributed by atoms with Crippen LogP contribution in [0.15, 0.2) is 97.1 Å². The summed E-state index contributed by atoms with van der Waals surface area (Å²) in [5.41, 5.74) is 2.05. The standard InChI is InChI=1S/C13H8N2O2.C7H3ClN2O2.C6H7BO2.CH4S/c14-9-10-6-7-12(13(8-10)15(16)17)11-4-2-1-3-5-11;8-6-2-1-5(4-9)3-7(6)10(11)12;8-7(9)6-4-2-1-3-5-6;1-2/h1-8H;1-3H;1-5,8-9H;2H,1H3. The molecule has 4 rings (SSSR count). The number of nitriles is 2. The van der Waals surface area contributed by atoms with Gasteiger partial charge in [-0.2, -0.15) is 23.2 Å². The molecule has 0 unspecified atom stereocenters. The highest BCUT2D eigenvalue weighted by Crippen LogP contribution is 2.30. The highest BCUT2D eigenvalue weighted by atomic mass is 35.5. The van der Waals surface area contributed by atoms with Crippen LogP contribution < -0.4 is 5.46 Å². The Balaban J connectivity index is 0.000000306. The molecule has 2 N–H and O–H groups in total. The first-order valence-corrected chi connectivity index (χ1v) is 12.4. The number of benzene rings is 4. The molecule has 0 saturated carbocycles. The zero-order valence-corrected chi connectivity index (χ0v) is 22.6. The van der Waals surface area contributed by atoms with Crippen molar-refractivity contribution in [1.29, 1.82) is 10.5 Å². The van der Waals surface area contributed by atoms with E-state index in [1.165, 1.54) is 18.2 Å². The molecule has 0 aliphatic carbocycles. The van der Waals surface area contributed by atoms with Gasteiger partial charge in [0, 0.05) is 12.1 Å². The zero-order chi connectivity index (χ0) is 30.1. The minimum Gasteiger partial charge on any atom is -0.423 e. The van der Waals surface area contributed by atoms with Crippen molar-refractivity contribution >= 4 is 48.2 Å². The van der Waals surface area contributed by atoms with Gasteiger partial charge < -0.3 is 10.0 Å². The van der Waals surface area contributed by atoms with Crippen LogP contribution >= 0.6 is 24.2 Å². The first-order valence-electron chi connectivity index (χ1n) is 11.1. The Hall–Kier alpha value is -4.72. The van der Waals surface area contributed by atoms with E-state index in [0.29, 0.717) is 11.0 Å². The number of rotatable bonds is 4. The second-order valence-corrected chi connectivity index (χ2v) is 7.69. The minimum absolute atomic E-state index is 0.0407. The number of nitro groups is 2. The molecule has 202 valence electrons. The molecule has 10 nitrogen and oxygen atoms in total. The summed E-state index contributed by atoms with van der Waals surface area (Å²) < 4.78 is 0. The average Bonchev–Trinajstić information content (AvgIpc) is 2.99. The Bertz CT molecular complexity index is 1500. The maximum Gasteiger partial charge on any atom is 0.488 e. The third-order valence-electron chi connectivity index (χ3n) is 4.78. The number of thiol groups is 1. The third kappa shape index (κ3) is 10.6. The summed E-state index contributed by atoms with van der Waals surface area (Å²) in [4.78, 5) is 20.2. The van der Waals surface area contributed by atoms with E-state index in [2.05, 4.69) is 12.6 Å². The molecule has 0 amide bonds. The number of halogens is 1. The fourth-order valence-electron chi connectivity index (χ4n) is 2.96. The normalized spacial score (nSPS) is 8.97. The van der Waals surface area contributed by atoms with Gasteiger partial charge in [-0.15, -0.1) is 0 Å². The quantitative estimate of drug-likeness (QED) is 0.129. The fourth-order valence-corrected chi connectivity index (χ4v) is 3.15. The molecule has 0 saturated heterocycles. The topological polar surface area (TPSA) is 174 Å². The summed E-state index contributed by atoms with van der Waals surface area (Å²) in [6, 6.07) is 29.8. The number of hydrogen-bond acceptors (Lipinski definition) is 9. The molecule has 0 aliphatic heterocycles. The minimum atomic E-state index is -1.34. The van der Waals surface area contributed by atoms with Gasteiger partial charge in [0.25, 0.3) is 11.4 Å². The molecule has 40 heavy (non-hydrogen) atoms. The van der Waals surface area contributed by atoms with Gasteiger partial charge in [-0.3, -0.25) is 20.2 Å². The predicted octanol–water partition coefficient (Wildman–Crippen LogP) is 5.17. The van der Waals surface area contributed by atoms with Gasteiger partial charge in [0.1, 0.15) is 5.02 Å². The van der Waals surface area contributed by atoms with Crippen molar-refractivity contribution in [3.8, 4) is 23.3 Å². The second kappa shape index (κ2) is 17.7. The lowest BCUT2D eigenvalue weighted by molar-refractivity contribution is -0.384. The van der Waals surface area contributed by atoms with Crippen LogP contribution in [0.25, 0.3) is 11.1 Å². The molecule has 4 aromatic carbocycles. The molecule has 0 atom stereocenters. The van der Waals surface area contributed by atoms with Gasteiger partial charge >= 0.3 is 7.12 Å². The Kier molecular flexibility index (Phi) is 14.8. The Morgan fingerprint density at radius 1 is 0.750 bits per heavy atom. The first-order chi connectivity index (χ1) is 19.2. The molecule has 0 aromatic heterocycles. The Morgan fingerprint density at radius 2 is 1.20 bits per heavy atom. The van der Waals surface area contributed by atoms with Gasteiger partial charge in [0.2, 0.25) is 0 Å². The summed E-state index contributed by atoms with van der Waals surface area (Å²) in [5, 5.41) is 55.6. The Morgan fingerprint density at radius 3 is 1.62 bits per heavy atom. The first kappa shape index (κ1) is 33.3. The van der Waals surface area contributed by atoms with Crippen LogP contribution in [-0.2, 0) is 0 Å². The number of hydrogen-bond donors (Lipinski definition) is 3. The van der Waals surface area contributed by atoms with Crippen molar-refractivity contribution in [3.63, 3.8) is 0 Å². The predicted molar refractivity (Wildman–Crippen MR) is 157 cm³/mol. The average molecular weight is 577 g/mol. The van der Waals surface area contributed by atoms with E-state index in [-0.39, 0.29) is 27.5 Å². The molecule has 0 bridgehead atoms. The molecule has 13 heteroatoms.